The Balaban J connectivity index is 1.72. The van der Waals surface area contributed by atoms with E-state index in [2.05, 4.69) is 25.6 Å². The minimum atomic E-state index is -0.480. The molecule has 10 nitrogen and oxygen atoms in total. The third kappa shape index (κ3) is 4.55. The quantitative estimate of drug-likeness (QED) is 0.334. The van der Waals surface area contributed by atoms with Crippen LogP contribution in [0.15, 0.2) is 35.6 Å². The van der Waals surface area contributed by atoms with E-state index < -0.39 is 5.97 Å². The standard InChI is InChI=1S/C17H18N6O4S/c1-3-27-14(25)8-18-13(24)9-28-17-15-16(19-10-20-17)23(22-21-15)11-5-4-6-12(7-11)26-2/h4-7,10H,3,8-9H2,1-2H3,(H,18,24). The van der Waals surface area contributed by atoms with Gasteiger partial charge >= 0.3 is 5.97 Å². The monoisotopic (exact) mass is 402 g/mol. The highest BCUT2D eigenvalue weighted by Crippen LogP contribution is 2.24. The molecule has 2 heterocycles. The average molecular weight is 402 g/mol. The molecule has 28 heavy (non-hydrogen) atoms. The first-order valence-corrected chi connectivity index (χ1v) is 9.37. The number of esters is 1. The van der Waals surface area contributed by atoms with E-state index in [-0.39, 0.29) is 24.8 Å². The first-order chi connectivity index (χ1) is 13.6. The average Bonchev–Trinajstić information content (AvgIpc) is 3.15. The van der Waals surface area contributed by atoms with Crippen LogP contribution in [-0.4, -0.2) is 62.9 Å². The Morgan fingerprint density at radius 3 is 2.93 bits per heavy atom. The third-order valence-electron chi connectivity index (χ3n) is 3.58. The Morgan fingerprint density at radius 2 is 2.14 bits per heavy atom. The molecular formula is C17H18N6O4S. The topological polar surface area (TPSA) is 121 Å². The maximum absolute atomic E-state index is 11.9. The number of aromatic nitrogens is 5. The van der Waals surface area contributed by atoms with Crippen molar-refractivity contribution in [3.63, 3.8) is 0 Å². The summed E-state index contributed by atoms with van der Waals surface area (Å²) in [5, 5.41) is 11.3. The molecule has 3 aromatic rings. The number of carbonyl (C=O) groups excluding carboxylic acids is 2. The van der Waals surface area contributed by atoms with Gasteiger partial charge in [-0.3, -0.25) is 9.59 Å². The Labute approximate surface area is 164 Å². The molecule has 1 aromatic carbocycles. The zero-order valence-electron chi connectivity index (χ0n) is 15.3. The van der Waals surface area contributed by atoms with Crippen molar-refractivity contribution >= 4 is 34.8 Å². The number of thioether (sulfide) groups is 1. The minimum Gasteiger partial charge on any atom is -0.497 e. The molecule has 0 saturated heterocycles. The molecule has 0 bridgehead atoms. The second-order valence-corrected chi connectivity index (χ2v) is 6.39. The van der Waals surface area contributed by atoms with Crippen molar-refractivity contribution in [1.82, 2.24) is 30.3 Å². The number of hydrogen-bond acceptors (Lipinski definition) is 9. The van der Waals surface area contributed by atoms with Gasteiger partial charge in [0, 0.05) is 6.07 Å². The highest BCUT2D eigenvalue weighted by Gasteiger charge is 2.15. The first kappa shape index (κ1) is 19.5. The van der Waals surface area contributed by atoms with Gasteiger partial charge in [0.2, 0.25) is 5.91 Å². The number of benzene rings is 1. The number of nitrogens with one attached hydrogen (secondary N) is 1. The van der Waals surface area contributed by atoms with E-state index in [0.29, 0.717) is 21.9 Å². The van der Waals surface area contributed by atoms with Crippen molar-refractivity contribution in [2.75, 3.05) is 26.0 Å². The van der Waals surface area contributed by atoms with Gasteiger partial charge in [-0.05, 0) is 19.1 Å². The van der Waals surface area contributed by atoms with Gasteiger partial charge in [-0.25, -0.2) is 9.97 Å². The van der Waals surface area contributed by atoms with Crippen LogP contribution < -0.4 is 10.1 Å². The predicted molar refractivity (Wildman–Crippen MR) is 101 cm³/mol. The molecule has 146 valence electrons. The molecular weight excluding hydrogens is 384 g/mol. The van der Waals surface area contributed by atoms with Gasteiger partial charge in [0.25, 0.3) is 0 Å². The summed E-state index contributed by atoms with van der Waals surface area (Å²) in [7, 11) is 1.59. The van der Waals surface area contributed by atoms with Gasteiger partial charge in [0.1, 0.15) is 23.6 Å². The minimum absolute atomic E-state index is 0.0670. The molecule has 0 aliphatic heterocycles. The largest absolute Gasteiger partial charge is 0.497 e. The predicted octanol–water partition coefficient (Wildman–Crippen LogP) is 0.990. The SMILES string of the molecule is CCOC(=O)CNC(=O)CSc1ncnc2c1nnn2-c1cccc(OC)c1. The summed E-state index contributed by atoms with van der Waals surface area (Å²) in [6, 6.07) is 7.33. The summed E-state index contributed by atoms with van der Waals surface area (Å²) in [5.41, 5.74) is 1.73. The molecule has 0 fully saturated rings. The number of methoxy groups -OCH3 is 1. The highest BCUT2D eigenvalue weighted by atomic mass is 32.2. The van der Waals surface area contributed by atoms with E-state index >= 15 is 0 Å². The Hall–Kier alpha value is -3.21. The van der Waals surface area contributed by atoms with Crippen molar-refractivity contribution in [1.29, 1.82) is 0 Å². The van der Waals surface area contributed by atoms with Crippen LogP contribution in [-0.2, 0) is 14.3 Å². The van der Waals surface area contributed by atoms with E-state index in [1.165, 1.54) is 18.1 Å². The van der Waals surface area contributed by atoms with Crippen LogP contribution in [0.25, 0.3) is 16.9 Å². The lowest BCUT2D eigenvalue weighted by Crippen LogP contribution is -2.31. The molecule has 0 aliphatic carbocycles. The van der Waals surface area contributed by atoms with Crippen molar-refractivity contribution in [2.45, 2.75) is 11.9 Å². The molecule has 3 rings (SSSR count). The van der Waals surface area contributed by atoms with Crippen molar-refractivity contribution in [3.05, 3.63) is 30.6 Å². The summed E-state index contributed by atoms with van der Waals surface area (Å²) in [6.45, 7) is 1.80. The molecule has 1 N–H and O–H groups in total. The van der Waals surface area contributed by atoms with Gasteiger partial charge in [-0.1, -0.05) is 23.0 Å². The summed E-state index contributed by atoms with van der Waals surface area (Å²) >= 11 is 1.18. The zero-order chi connectivity index (χ0) is 19.9. The van der Waals surface area contributed by atoms with Crippen LogP contribution in [0.3, 0.4) is 0 Å². The molecule has 0 spiro atoms. The number of carbonyl (C=O) groups is 2. The van der Waals surface area contributed by atoms with E-state index in [0.717, 1.165) is 5.69 Å². The van der Waals surface area contributed by atoms with E-state index in [1.807, 2.05) is 24.3 Å². The molecule has 0 saturated carbocycles. The van der Waals surface area contributed by atoms with Crippen LogP contribution in [0.2, 0.25) is 0 Å². The van der Waals surface area contributed by atoms with Gasteiger partial charge in [0.05, 0.1) is 25.2 Å². The van der Waals surface area contributed by atoms with Crippen LogP contribution in [0.1, 0.15) is 6.92 Å². The van der Waals surface area contributed by atoms with E-state index in [1.54, 1.807) is 18.7 Å². The number of fused-ring (bicyclic) bond motifs is 1. The van der Waals surface area contributed by atoms with Crippen LogP contribution in [0, 0.1) is 0 Å². The lowest BCUT2D eigenvalue weighted by atomic mass is 10.3. The number of ether oxygens (including phenoxy) is 2. The Morgan fingerprint density at radius 1 is 1.29 bits per heavy atom. The lowest BCUT2D eigenvalue weighted by molar-refractivity contribution is -0.143. The normalized spacial score (nSPS) is 10.6. The van der Waals surface area contributed by atoms with Crippen molar-refractivity contribution < 1.29 is 19.1 Å². The first-order valence-electron chi connectivity index (χ1n) is 8.38. The number of nitrogens with zero attached hydrogens (tertiary/aromatic N) is 5. The van der Waals surface area contributed by atoms with Crippen LogP contribution in [0.4, 0.5) is 0 Å². The molecule has 2 aromatic heterocycles. The summed E-state index contributed by atoms with van der Waals surface area (Å²) in [4.78, 5) is 31.6. The van der Waals surface area contributed by atoms with Gasteiger partial charge < -0.3 is 14.8 Å². The summed E-state index contributed by atoms with van der Waals surface area (Å²) in [5.74, 6) is -0.0445. The fraction of sp³-hybridized carbons (Fsp3) is 0.294. The second-order valence-electron chi connectivity index (χ2n) is 5.42. The zero-order valence-corrected chi connectivity index (χ0v) is 16.1. The number of amides is 1. The smallest absolute Gasteiger partial charge is 0.325 e. The van der Waals surface area contributed by atoms with Gasteiger partial charge in [-0.2, -0.15) is 4.68 Å². The van der Waals surface area contributed by atoms with Crippen molar-refractivity contribution in [3.8, 4) is 11.4 Å². The molecule has 11 heteroatoms. The van der Waals surface area contributed by atoms with Crippen molar-refractivity contribution in [2.24, 2.45) is 0 Å². The van der Waals surface area contributed by atoms with Crippen LogP contribution >= 0.6 is 11.8 Å². The molecule has 1 amide bonds. The lowest BCUT2D eigenvalue weighted by Gasteiger charge is -2.05. The maximum Gasteiger partial charge on any atom is 0.325 e. The second kappa shape index (κ2) is 9.13. The maximum atomic E-state index is 11.9. The molecule has 0 unspecified atom stereocenters. The van der Waals surface area contributed by atoms with Crippen LogP contribution in [0.5, 0.6) is 5.75 Å². The molecule has 0 atom stereocenters. The molecule has 0 aliphatic rings. The third-order valence-corrected chi connectivity index (χ3v) is 4.56. The van der Waals surface area contributed by atoms with E-state index in [9.17, 15) is 9.59 Å². The Kier molecular flexibility index (Phi) is 6.37. The summed E-state index contributed by atoms with van der Waals surface area (Å²) in [6.07, 6.45) is 1.39. The molecule has 0 radical (unpaired) electrons. The van der Waals surface area contributed by atoms with Gasteiger partial charge in [0.15, 0.2) is 11.2 Å². The summed E-state index contributed by atoms with van der Waals surface area (Å²) < 4.78 is 11.6. The Bertz CT molecular complexity index is 993. The highest BCUT2D eigenvalue weighted by molar-refractivity contribution is 8.00. The number of hydrogen-bond donors (Lipinski definition) is 1. The van der Waals surface area contributed by atoms with Gasteiger partial charge in [-0.15, -0.1) is 5.10 Å². The fourth-order valence-electron chi connectivity index (χ4n) is 2.32. The fourth-order valence-corrected chi connectivity index (χ4v) is 3.08. The van der Waals surface area contributed by atoms with E-state index in [4.69, 9.17) is 9.47 Å². The number of rotatable bonds is 8.